The maximum atomic E-state index is 13.3. The van der Waals surface area contributed by atoms with E-state index in [0.29, 0.717) is 22.3 Å². The Bertz CT molecular complexity index is 610. The highest BCUT2D eigenvalue weighted by atomic mass is 19.1. The van der Waals surface area contributed by atoms with Crippen molar-refractivity contribution >= 4 is 22.6 Å². The van der Waals surface area contributed by atoms with Crippen LogP contribution in [0.2, 0.25) is 0 Å². The van der Waals surface area contributed by atoms with Gasteiger partial charge in [0, 0.05) is 26.5 Å². The number of halogens is 1. The molecular weight excluding hydrogens is 233 g/mol. The molecule has 1 aromatic heterocycles. The summed E-state index contributed by atoms with van der Waals surface area (Å²) in [4.78, 5) is 18.0. The van der Waals surface area contributed by atoms with Crippen LogP contribution >= 0.6 is 0 Å². The van der Waals surface area contributed by atoms with Crippen LogP contribution in [0.5, 0.6) is 0 Å². The predicted octanol–water partition coefficient (Wildman–Crippen LogP) is 1.80. The van der Waals surface area contributed by atoms with Crippen molar-refractivity contribution in [2.24, 2.45) is 0 Å². The zero-order valence-electron chi connectivity index (χ0n) is 10.5. The monoisotopic (exact) mass is 247 g/mol. The van der Waals surface area contributed by atoms with Crippen molar-refractivity contribution < 1.29 is 9.18 Å². The first-order chi connectivity index (χ1) is 8.52. The van der Waals surface area contributed by atoms with Gasteiger partial charge < -0.3 is 10.2 Å². The van der Waals surface area contributed by atoms with E-state index in [1.165, 1.54) is 12.1 Å². The summed E-state index contributed by atoms with van der Waals surface area (Å²) in [5.41, 5.74) is 1.02. The maximum absolute atomic E-state index is 13.3. The minimum Gasteiger partial charge on any atom is -0.363 e. The highest BCUT2D eigenvalue weighted by molar-refractivity contribution is 6.06. The third kappa shape index (κ3) is 2.11. The van der Waals surface area contributed by atoms with Gasteiger partial charge in [-0.1, -0.05) is 0 Å². The van der Waals surface area contributed by atoms with Gasteiger partial charge in [-0.3, -0.25) is 4.79 Å². The molecule has 2 aromatic rings. The highest BCUT2D eigenvalue weighted by Crippen LogP contribution is 2.23. The molecule has 0 atom stereocenters. The zero-order chi connectivity index (χ0) is 13.3. The van der Waals surface area contributed by atoms with Crippen molar-refractivity contribution in [3.8, 4) is 0 Å². The molecule has 0 aliphatic heterocycles. The van der Waals surface area contributed by atoms with E-state index in [1.807, 2.05) is 14.1 Å². The summed E-state index contributed by atoms with van der Waals surface area (Å²) < 4.78 is 13.3. The van der Waals surface area contributed by atoms with Crippen LogP contribution in [0.4, 0.5) is 10.2 Å². The SMILES string of the molecule is CNC(=O)c1cc(N(C)C)nc2ccc(F)cc12. The molecule has 1 aromatic carbocycles. The first-order valence-corrected chi connectivity index (χ1v) is 5.52. The fourth-order valence-electron chi connectivity index (χ4n) is 1.74. The van der Waals surface area contributed by atoms with Crippen LogP contribution in [0, 0.1) is 5.82 Å². The lowest BCUT2D eigenvalue weighted by Gasteiger charge is -2.14. The Kier molecular flexibility index (Phi) is 3.14. The Hall–Kier alpha value is -2.17. The summed E-state index contributed by atoms with van der Waals surface area (Å²) in [6, 6.07) is 5.89. The molecule has 0 spiro atoms. The molecule has 5 heteroatoms. The molecule has 4 nitrogen and oxygen atoms in total. The molecule has 0 radical (unpaired) electrons. The number of nitrogens with one attached hydrogen (secondary N) is 1. The summed E-state index contributed by atoms with van der Waals surface area (Å²) in [5, 5.41) is 3.07. The van der Waals surface area contributed by atoms with Gasteiger partial charge >= 0.3 is 0 Å². The van der Waals surface area contributed by atoms with Crippen molar-refractivity contribution in [3.63, 3.8) is 0 Å². The molecule has 0 bridgehead atoms. The van der Waals surface area contributed by atoms with Crippen LogP contribution in [0.25, 0.3) is 10.9 Å². The standard InChI is InChI=1S/C13H14FN3O/c1-15-13(18)10-7-12(17(2)3)16-11-5-4-8(14)6-9(10)11/h4-7H,1-3H3,(H,15,18). The molecule has 0 fully saturated rings. The molecule has 1 amide bonds. The van der Waals surface area contributed by atoms with E-state index in [0.717, 1.165) is 0 Å². The van der Waals surface area contributed by atoms with Gasteiger partial charge in [-0.15, -0.1) is 0 Å². The highest BCUT2D eigenvalue weighted by Gasteiger charge is 2.13. The van der Waals surface area contributed by atoms with Crippen molar-refractivity contribution in [2.45, 2.75) is 0 Å². The number of carbonyl (C=O) groups is 1. The largest absolute Gasteiger partial charge is 0.363 e. The number of fused-ring (bicyclic) bond motifs is 1. The second-order valence-electron chi connectivity index (χ2n) is 4.16. The van der Waals surface area contributed by atoms with Gasteiger partial charge in [0.2, 0.25) is 0 Å². The van der Waals surface area contributed by atoms with Crippen molar-refractivity contribution in [1.82, 2.24) is 10.3 Å². The summed E-state index contributed by atoms with van der Waals surface area (Å²) in [6.45, 7) is 0. The van der Waals surface area contributed by atoms with Crippen LogP contribution in [-0.4, -0.2) is 32.0 Å². The quantitative estimate of drug-likeness (QED) is 0.880. The van der Waals surface area contributed by atoms with E-state index < -0.39 is 0 Å². The fourth-order valence-corrected chi connectivity index (χ4v) is 1.74. The Labute approximate surface area is 104 Å². The van der Waals surface area contributed by atoms with Gasteiger partial charge in [-0.2, -0.15) is 0 Å². The van der Waals surface area contributed by atoms with Crippen LogP contribution in [0.3, 0.4) is 0 Å². The lowest BCUT2D eigenvalue weighted by Crippen LogP contribution is -2.20. The number of hydrogen-bond donors (Lipinski definition) is 1. The third-order valence-corrected chi connectivity index (χ3v) is 2.69. The van der Waals surface area contributed by atoms with Crippen molar-refractivity contribution in [1.29, 1.82) is 0 Å². The Morgan fingerprint density at radius 1 is 1.33 bits per heavy atom. The second-order valence-corrected chi connectivity index (χ2v) is 4.16. The first kappa shape index (κ1) is 12.3. The van der Waals surface area contributed by atoms with Gasteiger partial charge in [0.05, 0.1) is 11.1 Å². The molecule has 2 rings (SSSR count). The number of rotatable bonds is 2. The van der Waals surface area contributed by atoms with Gasteiger partial charge in [-0.05, 0) is 24.3 Å². The van der Waals surface area contributed by atoms with Crippen LogP contribution in [-0.2, 0) is 0 Å². The van der Waals surface area contributed by atoms with Gasteiger partial charge in [0.1, 0.15) is 11.6 Å². The normalized spacial score (nSPS) is 10.4. The predicted molar refractivity (Wildman–Crippen MR) is 69.4 cm³/mol. The molecule has 18 heavy (non-hydrogen) atoms. The van der Waals surface area contributed by atoms with Crippen LogP contribution in [0.1, 0.15) is 10.4 Å². The number of carbonyl (C=O) groups excluding carboxylic acids is 1. The number of nitrogens with zero attached hydrogens (tertiary/aromatic N) is 2. The number of amides is 1. The fraction of sp³-hybridized carbons (Fsp3) is 0.231. The van der Waals surface area contributed by atoms with Crippen molar-refractivity contribution in [3.05, 3.63) is 35.6 Å². The number of aromatic nitrogens is 1. The molecule has 0 aliphatic carbocycles. The molecular formula is C13H14FN3O. The Morgan fingerprint density at radius 2 is 2.06 bits per heavy atom. The Balaban J connectivity index is 2.77. The van der Waals surface area contributed by atoms with Crippen LogP contribution in [0.15, 0.2) is 24.3 Å². The maximum Gasteiger partial charge on any atom is 0.251 e. The summed E-state index contributed by atoms with van der Waals surface area (Å²) in [6.07, 6.45) is 0. The third-order valence-electron chi connectivity index (χ3n) is 2.69. The summed E-state index contributed by atoms with van der Waals surface area (Å²) in [5.74, 6) is 0.0239. The lowest BCUT2D eigenvalue weighted by atomic mass is 10.1. The first-order valence-electron chi connectivity index (χ1n) is 5.52. The minimum atomic E-state index is -0.382. The van der Waals surface area contributed by atoms with E-state index in [4.69, 9.17) is 0 Å². The Morgan fingerprint density at radius 3 is 2.67 bits per heavy atom. The minimum absolute atomic E-state index is 0.254. The number of hydrogen-bond acceptors (Lipinski definition) is 3. The molecule has 1 heterocycles. The van der Waals surface area contributed by atoms with Gasteiger partial charge in [0.25, 0.3) is 5.91 Å². The van der Waals surface area contributed by atoms with Crippen molar-refractivity contribution in [2.75, 3.05) is 26.0 Å². The number of anilines is 1. The molecule has 94 valence electrons. The zero-order valence-corrected chi connectivity index (χ0v) is 10.5. The summed E-state index contributed by atoms with van der Waals surface area (Å²) >= 11 is 0. The van der Waals surface area contributed by atoms with Gasteiger partial charge in [0.15, 0.2) is 0 Å². The smallest absolute Gasteiger partial charge is 0.251 e. The van der Waals surface area contributed by atoms with E-state index in [9.17, 15) is 9.18 Å². The van der Waals surface area contributed by atoms with E-state index in [1.54, 1.807) is 24.1 Å². The van der Waals surface area contributed by atoms with Gasteiger partial charge in [-0.25, -0.2) is 9.37 Å². The molecule has 0 aliphatic rings. The topological polar surface area (TPSA) is 45.2 Å². The van der Waals surface area contributed by atoms with E-state index in [2.05, 4.69) is 10.3 Å². The molecule has 0 unspecified atom stereocenters. The molecule has 0 saturated heterocycles. The number of benzene rings is 1. The average Bonchev–Trinajstić information content (AvgIpc) is 2.36. The van der Waals surface area contributed by atoms with E-state index in [-0.39, 0.29) is 11.7 Å². The molecule has 0 saturated carbocycles. The second kappa shape index (κ2) is 4.60. The van der Waals surface area contributed by atoms with Crippen LogP contribution < -0.4 is 10.2 Å². The average molecular weight is 247 g/mol. The molecule has 1 N–H and O–H groups in total. The number of pyridine rings is 1. The summed E-state index contributed by atoms with van der Waals surface area (Å²) in [7, 11) is 5.22. The lowest BCUT2D eigenvalue weighted by molar-refractivity contribution is 0.0964. The van der Waals surface area contributed by atoms with E-state index >= 15 is 0 Å².